The molecule has 0 radical (unpaired) electrons. The number of aromatic nitrogens is 3. The van der Waals surface area contributed by atoms with E-state index in [1.807, 2.05) is 0 Å². The van der Waals surface area contributed by atoms with E-state index in [0.29, 0.717) is 52.4 Å². The molecule has 1 aliphatic rings. The number of allylic oxidation sites excluding steroid dienone is 1. The van der Waals surface area contributed by atoms with Crippen molar-refractivity contribution in [1.82, 2.24) is 15.2 Å². The number of alkyl halides is 3. The Kier molecular flexibility index (Phi) is 6.56. The van der Waals surface area contributed by atoms with Crippen LogP contribution in [-0.2, 0) is 11.0 Å². The first-order valence-electron chi connectivity index (χ1n) is 11.7. The van der Waals surface area contributed by atoms with E-state index in [1.165, 1.54) is 18.3 Å². The van der Waals surface area contributed by atoms with Crippen molar-refractivity contribution >= 4 is 34.1 Å². The Labute approximate surface area is 213 Å². The lowest BCUT2D eigenvalue weighted by Crippen LogP contribution is -2.19. The summed E-state index contributed by atoms with van der Waals surface area (Å²) in [6.45, 7) is 0. The molecule has 10 heteroatoms. The SMILES string of the molecule is O=C(O)C=Cc1ccc(C(=C(c2ccc(F)cc2C(F)(F)F)C2CCC2)c2ccc3n[nH]c(F)c3c2)cn1. The highest BCUT2D eigenvalue weighted by atomic mass is 19.4. The van der Waals surface area contributed by atoms with Crippen LogP contribution >= 0.6 is 0 Å². The van der Waals surface area contributed by atoms with Gasteiger partial charge in [0.1, 0.15) is 5.82 Å². The second-order valence-electron chi connectivity index (χ2n) is 9.02. The summed E-state index contributed by atoms with van der Waals surface area (Å²) in [5, 5.41) is 15.2. The molecule has 5 rings (SSSR count). The smallest absolute Gasteiger partial charge is 0.417 e. The predicted octanol–water partition coefficient (Wildman–Crippen LogP) is 7.11. The first kappa shape index (κ1) is 25.3. The van der Waals surface area contributed by atoms with Gasteiger partial charge in [-0.2, -0.15) is 22.7 Å². The summed E-state index contributed by atoms with van der Waals surface area (Å²) >= 11 is 0. The fourth-order valence-corrected chi connectivity index (χ4v) is 4.66. The van der Waals surface area contributed by atoms with Crippen LogP contribution < -0.4 is 0 Å². The van der Waals surface area contributed by atoms with Crippen molar-refractivity contribution in [3.05, 3.63) is 101 Å². The van der Waals surface area contributed by atoms with Gasteiger partial charge in [0.25, 0.3) is 0 Å². The van der Waals surface area contributed by atoms with E-state index < -0.39 is 29.5 Å². The quantitative estimate of drug-likeness (QED) is 0.160. The molecule has 2 aromatic heterocycles. The highest BCUT2D eigenvalue weighted by Gasteiger charge is 2.38. The molecule has 0 saturated heterocycles. The summed E-state index contributed by atoms with van der Waals surface area (Å²) in [6, 6.07) is 10.5. The van der Waals surface area contributed by atoms with E-state index in [-0.39, 0.29) is 16.9 Å². The van der Waals surface area contributed by atoms with Crippen LogP contribution in [-0.4, -0.2) is 26.3 Å². The molecule has 5 nitrogen and oxygen atoms in total. The first-order chi connectivity index (χ1) is 18.1. The predicted molar refractivity (Wildman–Crippen MR) is 132 cm³/mol. The standard InChI is InChI=1S/C28H20F5N3O2/c29-18-6-9-20(22(13-18)28(31,32)33)26(15-2-1-3-15)25(16-5-10-23-21(12-16)27(30)36-35-23)17-4-7-19(34-14-17)8-11-24(37)38/h4-15H,1-3H2,(H,35,36)(H,37,38). The molecule has 1 fully saturated rings. The largest absolute Gasteiger partial charge is 0.478 e. The van der Waals surface area contributed by atoms with Gasteiger partial charge in [-0.3, -0.25) is 10.1 Å². The third-order valence-electron chi connectivity index (χ3n) is 6.63. The van der Waals surface area contributed by atoms with Crippen LogP contribution in [0.3, 0.4) is 0 Å². The number of halogens is 5. The van der Waals surface area contributed by atoms with Gasteiger partial charge in [-0.25, -0.2) is 9.18 Å². The van der Waals surface area contributed by atoms with Gasteiger partial charge in [-0.1, -0.05) is 24.6 Å². The van der Waals surface area contributed by atoms with Crippen molar-refractivity contribution in [3.8, 4) is 0 Å². The van der Waals surface area contributed by atoms with Gasteiger partial charge in [-0.15, -0.1) is 0 Å². The van der Waals surface area contributed by atoms with Crippen molar-refractivity contribution in [2.75, 3.05) is 0 Å². The Balaban J connectivity index is 1.81. The van der Waals surface area contributed by atoms with Gasteiger partial charge in [0.05, 0.1) is 22.2 Å². The molecule has 1 saturated carbocycles. The number of aromatic amines is 1. The van der Waals surface area contributed by atoms with Crippen LogP contribution in [0.15, 0.2) is 60.8 Å². The fraction of sp³-hybridized carbons (Fsp3) is 0.179. The van der Waals surface area contributed by atoms with Crippen LogP contribution in [0.25, 0.3) is 28.1 Å². The Morgan fingerprint density at radius 1 is 1.03 bits per heavy atom. The van der Waals surface area contributed by atoms with E-state index in [9.17, 15) is 26.7 Å². The lowest BCUT2D eigenvalue weighted by atomic mass is 9.72. The van der Waals surface area contributed by atoms with Gasteiger partial charge < -0.3 is 5.11 Å². The van der Waals surface area contributed by atoms with E-state index in [4.69, 9.17) is 5.11 Å². The Morgan fingerprint density at radius 2 is 1.79 bits per heavy atom. The molecule has 0 spiro atoms. The second kappa shape index (κ2) is 9.85. The molecule has 2 aromatic carbocycles. The van der Waals surface area contributed by atoms with Gasteiger partial charge in [0, 0.05) is 17.8 Å². The Bertz CT molecular complexity index is 1580. The van der Waals surface area contributed by atoms with Crippen LogP contribution in [0.5, 0.6) is 0 Å². The maximum Gasteiger partial charge on any atom is 0.417 e. The van der Waals surface area contributed by atoms with Crippen LogP contribution in [0.2, 0.25) is 0 Å². The van der Waals surface area contributed by atoms with Gasteiger partial charge in [0.15, 0.2) is 0 Å². The highest BCUT2D eigenvalue weighted by Crippen LogP contribution is 2.48. The van der Waals surface area contributed by atoms with E-state index >= 15 is 0 Å². The zero-order chi connectivity index (χ0) is 27.0. The molecule has 2 heterocycles. The molecule has 0 unspecified atom stereocenters. The number of rotatable bonds is 6. The summed E-state index contributed by atoms with van der Waals surface area (Å²) in [4.78, 5) is 15.1. The van der Waals surface area contributed by atoms with E-state index in [0.717, 1.165) is 24.6 Å². The number of pyridine rings is 1. The number of nitrogens with zero attached hydrogens (tertiary/aromatic N) is 2. The Hall–Kier alpha value is -4.34. The minimum Gasteiger partial charge on any atom is -0.478 e. The van der Waals surface area contributed by atoms with Gasteiger partial charge >= 0.3 is 12.1 Å². The van der Waals surface area contributed by atoms with Crippen LogP contribution in [0.1, 0.15) is 47.2 Å². The number of fused-ring (bicyclic) bond motifs is 1. The molecule has 1 aliphatic carbocycles. The molecular formula is C28H20F5N3O2. The summed E-state index contributed by atoms with van der Waals surface area (Å²) in [5.74, 6) is -3.10. The lowest BCUT2D eigenvalue weighted by Gasteiger charge is -2.33. The number of benzene rings is 2. The molecular weight excluding hydrogens is 505 g/mol. The van der Waals surface area contributed by atoms with Crippen molar-refractivity contribution in [1.29, 1.82) is 0 Å². The van der Waals surface area contributed by atoms with E-state index in [2.05, 4.69) is 15.2 Å². The fourth-order valence-electron chi connectivity index (χ4n) is 4.66. The number of H-pyrrole nitrogens is 1. The number of carboxylic acids is 1. The topological polar surface area (TPSA) is 78.9 Å². The van der Waals surface area contributed by atoms with Crippen molar-refractivity contribution in [2.24, 2.45) is 5.92 Å². The molecule has 0 atom stereocenters. The van der Waals surface area contributed by atoms with E-state index in [1.54, 1.807) is 24.3 Å². The third kappa shape index (κ3) is 4.93. The van der Waals surface area contributed by atoms with Crippen molar-refractivity contribution in [3.63, 3.8) is 0 Å². The Morgan fingerprint density at radius 3 is 2.42 bits per heavy atom. The maximum atomic E-state index is 14.4. The molecule has 0 bridgehead atoms. The normalized spacial score (nSPS) is 15.1. The molecule has 4 aromatic rings. The zero-order valence-electron chi connectivity index (χ0n) is 19.7. The maximum absolute atomic E-state index is 14.4. The molecule has 0 aliphatic heterocycles. The van der Waals surface area contributed by atoms with Gasteiger partial charge in [-0.05, 0) is 77.4 Å². The number of hydrogen-bond donors (Lipinski definition) is 2. The summed E-state index contributed by atoms with van der Waals surface area (Å²) in [5.41, 5.74) is 1.07. The molecule has 0 amide bonds. The molecule has 38 heavy (non-hydrogen) atoms. The number of carbonyl (C=O) groups is 1. The number of aliphatic carboxylic acids is 1. The van der Waals surface area contributed by atoms with Crippen LogP contribution in [0.4, 0.5) is 22.0 Å². The van der Waals surface area contributed by atoms with Crippen molar-refractivity contribution in [2.45, 2.75) is 25.4 Å². The zero-order valence-corrected chi connectivity index (χ0v) is 19.7. The first-order valence-corrected chi connectivity index (χ1v) is 11.7. The highest BCUT2D eigenvalue weighted by molar-refractivity contribution is 6.01. The average Bonchev–Trinajstić information content (AvgIpc) is 3.21. The minimum atomic E-state index is -4.82. The summed E-state index contributed by atoms with van der Waals surface area (Å²) in [7, 11) is 0. The summed E-state index contributed by atoms with van der Waals surface area (Å²) < 4.78 is 70.9. The third-order valence-corrected chi connectivity index (χ3v) is 6.63. The second-order valence-corrected chi connectivity index (χ2v) is 9.02. The minimum absolute atomic E-state index is 0.152. The number of hydrogen-bond acceptors (Lipinski definition) is 3. The van der Waals surface area contributed by atoms with Crippen molar-refractivity contribution < 1.29 is 31.9 Å². The number of carboxylic acid groups (broad SMARTS) is 1. The number of nitrogens with one attached hydrogen (secondary N) is 1. The average molecular weight is 525 g/mol. The van der Waals surface area contributed by atoms with Gasteiger partial charge in [0.2, 0.25) is 5.95 Å². The summed E-state index contributed by atoms with van der Waals surface area (Å²) in [6.07, 6.45) is 0.894. The molecule has 194 valence electrons. The monoisotopic (exact) mass is 525 g/mol. The molecule has 2 N–H and O–H groups in total. The lowest BCUT2D eigenvalue weighted by molar-refractivity contribution is -0.138. The van der Waals surface area contributed by atoms with Crippen LogP contribution in [0, 0.1) is 17.7 Å².